The molecular weight excluding hydrogens is 236 g/mol. The van der Waals surface area contributed by atoms with Crippen LogP contribution in [0.15, 0.2) is 42.5 Å². The maximum Gasteiger partial charge on any atom is 0.256 e. The molecule has 0 fully saturated rings. The Balaban J connectivity index is 2.22. The zero-order chi connectivity index (χ0) is 13.1. The van der Waals surface area contributed by atoms with Crippen molar-refractivity contribution in [2.24, 2.45) is 0 Å². The van der Waals surface area contributed by atoms with Gasteiger partial charge in [0, 0.05) is 11.3 Å². The summed E-state index contributed by atoms with van der Waals surface area (Å²) >= 11 is 0. The maximum atomic E-state index is 13.3. The Kier molecular flexibility index (Phi) is 3.37. The van der Waals surface area contributed by atoms with Crippen LogP contribution in [0.3, 0.4) is 0 Å². The monoisotopic (exact) mass is 247 g/mol. The molecule has 2 aromatic rings. The second-order valence-corrected chi connectivity index (χ2v) is 3.87. The van der Waals surface area contributed by atoms with Gasteiger partial charge >= 0.3 is 0 Å². The molecule has 1 N–H and O–H groups in total. The van der Waals surface area contributed by atoms with Crippen molar-refractivity contribution >= 4 is 11.6 Å². The fourth-order valence-corrected chi connectivity index (χ4v) is 1.59. The summed E-state index contributed by atoms with van der Waals surface area (Å²) in [6, 6.07) is 9.69. The molecular formula is C14H11F2NO. The van der Waals surface area contributed by atoms with Gasteiger partial charge in [0.15, 0.2) is 0 Å². The third kappa shape index (κ3) is 2.53. The van der Waals surface area contributed by atoms with E-state index >= 15 is 0 Å². The van der Waals surface area contributed by atoms with E-state index in [1.54, 1.807) is 0 Å². The van der Waals surface area contributed by atoms with Crippen LogP contribution in [0.1, 0.15) is 15.9 Å². The number of nitrogens with one attached hydrogen (secondary N) is 1. The van der Waals surface area contributed by atoms with Crippen LogP contribution in [-0.4, -0.2) is 5.91 Å². The molecule has 0 aliphatic rings. The summed E-state index contributed by atoms with van der Waals surface area (Å²) in [4.78, 5) is 11.9. The number of hydrogen-bond donors (Lipinski definition) is 1. The molecule has 0 aliphatic heterocycles. The van der Waals surface area contributed by atoms with Crippen molar-refractivity contribution in [3.05, 3.63) is 65.2 Å². The van der Waals surface area contributed by atoms with Gasteiger partial charge in [0.05, 0.1) is 0 Å². The van der Waals surface area contributed by atoms with E-state index in [9.17, 15) is 13.6 Å². The zero-order valence-electron chi connectivity index (χ0n) is 9.71. The molecule has 2 rings (SSSR count). The Hall–Kier alpha value is -2.23. The lowest BCUT2D eigenvalue weighted by Gasteiger charge is -2.08. The highest BCUT2D eigenvalue weighted by Crippen LogP contribution is 2.15. The normalized spacial score (nSPS) is 10.2. The SMILES string of the molecule is Cc1c(F)cccc1C(=O)Nc1ccc(F)cc1. The van der Waals surface area contributed by atoms with Gasteiger partial charge < -0.3 is 5.32 Å². The Morgan fingerprint density at radius 3 is 2.39 bits per heavy atom. The van der Waals surface area contributed by atoms with E-state index in [0.29, 0.717) is 5.69 Å². The predicted octanol–water partition coefficient (Wildman–Crippen LogP) is 3.53. The van der Waals surface area contributed by atoms with Gasteiger partial charge in [-0.25, -0.2) is 8.78 Å². The summed E-state index contributed by atoms with van der Waals surface area (Å²) in [7, 11) is 0. The van der Waals surface area contributed by atoms with E-state index in [0.717, 1.165) is 0 Å². The van der Waals surface area contributed by atoms with Crippen LogP contribution in [0.5, 0.6) is 0 Å². The highest BCUT2D eigenvalue weighted by molar-refractivity contribution is 6.05. The molecule has 2 aromatic carbocycles. The lowest BCUT2D eigenvalue weighted by atomic mass is 10.1. The first-order valence-corrected chi connectivity index (χ1v) is 5.40. The van der Waals surface area contributed by atoms with Crippen LogP contribution in [-0.2, 0) is 0 Å². The van der Waals surface area contributed by atoms with Crippen LogP contribution >= 0.6 is 0 Å². The Labute approximate surface area is 103 Å². The van der Waals surface area contributed by atoms with Crippen molar-refractivity contribution < 1.29 is 13.6 Å². The molecule has 0 saturated carbocycles. The van der Waals surface area contributed by atoms with E-state index in [-0.39, 0.29) is 16.9 Å². The standard InChI is InChI=1S/C14H11F2NO/c1-9-12(3-2-4-13(9)16)14(18)17-11-7-5-10(15)6-8-11/h2-8H,1H3,(H,17,18). The highest BCUT2D eigenvalue weighted by atomic mass is 19.1. The van der Waals surface area contributed by atoms with Gasteiger partial charge in [0.2, 0.25) is 0 Å². The van der Waals surface area contributed by atoms with Crippen molar-refractivity contribution in [2.75, 3.05) is 5.32 Å². The molecule has 0 unspecified atom stereocenters. The molecule has 0 aliphatic carbocycles. The molecule has 18 heavy (non-hydrogen) atoms. The topological polar surface area (TPSA) is 29.1 Å². The zero-order valence-corrected chi connectivity index (χ0v) is 9.71. The number of anilines is 1. The van der Waals surface area contributed by atoms with Crippen LogP contribution in [0, 0.1) is 18.6 Å². The van der Waals surface area contributed by atoms with Crippen LogP contribution < -0.4 is 5.32 Å². The third-order valence-electron chi connectivity index (χ3n) is 2.61. The first-order valence-electron chi connectivity index (χ1n) is 5.40. The van der Waals surface area contributed by atoms with Gasteiger partial charge in [-0.1, -0.05) is 6.07 Å². The van der Waals surface area contributed by atoms with Gasteiger partial charge in [-0.05, 0) is 48.9 Å². The van der Waals surface area contributed by atoms with E-state index in [4.69, 9.17) is 0 Å². The summed E-state index contributed by atoms with van der Waals surface area (Å²) in [5, 5.41) is 2.58. The first-order chi connectivity index (χ1) is 8.58. The molecule has 1 amide bonds. The summed E-state index contributed by atoms with van der Waals surface area (Å²) < 4.78 is 26.0. The minimum Gasteiger partial charge on any atom is -0.322 e. The highest BCUT2D eigenvalue weighted by Gasteiger charge is 2.11. The van der Waals surface area contributed by atoms with Crippen molar-refractivity contribution in [1.29, 1.82) is 0 Å². The number of benzene rings is 2. The molecule has 92 valence electrons. The lowest BCUT2D eigenvalue weighted by molar-refractivity contribution is 0.102. The molecule has 4 heteroatoms. The second-order valence-electron chi connectivity index (χ2n) is 3.87. The summed E-state index contributed by atoms with van der Waals surface area (Å²) in [5.41, 5.74) is 1.02. The molecule has 0 heterocycles. The molecule has 0 spiro atoms. The summed E-state index contributed by atoms with van der Waals surface area (Å²) in [6.45, 7) is 1.54. The van der Waals surface area contributed by atoms with E-state index < -0.39 is 11.7 Å². The summed E-state index contributed by atoms with van der Waals surface area (Å²) in [6.07, 6.45) is 0. The first kappa shape index (κ1) is 12.2. The predicted molar refractivity (Wildman–Crippen MR) is 65.5 cm³/mol. The Bertz CT molecular complexity index is 579. The van der Waals surface area contributed by atoms with E-state index in [2.05, 4.69) is 5.32 Å². The van der Waals surface area contributed by atoms with Gasteiger partial charge in [-0.2, -0.15) is 0 Å². The number of amides is 1. The van der Waals surface area contributed by atoms with Gasteiger partial charge in [-0.15, -0.1) is 0 Å². The maximum absolute atomic E-state index is 13.3. The van der Waals surface area contributed by atoms with E-state index in [1.165, 1.54) is 49.4 Å². The quantitative estimate of drug-likeness (QED) is 0.864. The molecule has 0 saturated heterocycles. The van der Waals surface area contributed by atoms with Crippen molar-refractivity contribution in [3.63, 3.8) is 0 Å². The Morgan fingerprint density at radius 1 is 1.06 bits per heavy atom. The number of rotatable bonds is 2. The molecule has 0 atom stereocenters. The van der Waals surface area contributed by atoms with Crippen molar-refractivity contribution in [1.82, 2.24) is 0 Å². The van der Waals surface area contributed by atoms with Crippen LogP contribution in [0.25, 0.3) is 0 Å². The smallest absolute Gasteiger partial charge is 0.256 e. The molecule has 0 aromatic heterocycles. The van der Waals surface area contributed by atoms with Crippen molar-refractivity contribution in [2.45, 2.75) is 6.92 Å². The fourth-order valence-electron chi connectivity index (χ4n) is 1.59. The number of carbonyl (C=O) groups excluding carboxylic acids is 1. The minimum absolute atomic E-state index is 0.263. The molecule has 0 radical (unpaired) electrons. The third-order valence-corrected chi connectivity index (χ3v) is 2.61. The second kappa shape index (κ2) is 4.96. The largest absolute Gasteiger partial charge is 0.322 e. The van der Waals surface area contributed by atoms with Crippen molar-refractivity contribution in [3.8, 4) is 0 Å². The van der Waals surface area contributed by atoms with Gasteiger partial charge in [-0.3, -0.25) is 4.79 Å². The minimum atomic E-state index is -0.429. The van der Waals surface area contributed by atoms with Crippen LogP contribution in [0.4, 0.5) is 14.5 Å². The number of hydrogen-bond acceptors (Lipinski definition) is 1. The summed E-state index contributed by atoms with van der Waals surface area (Å²) in [5.74, 6) is -1.23. The lowest BCUT2D eigenvalue weighted by Crippen LogP contribution is -2.13. The number of carbonyl (C=O) groups is 1. The average Bonchev–Trinajstić information content (AvgIpc) is 2.35. The van der Waals surface area contributed by atoms with E-state index in [1.807, 2.05) is 0 Å². The van der Waals surface area contributed by atoms with Gasteiger partial charge in [0.1, 0.15) is 11.6 Å². The average molecular weight is 247 g/mol. The Morgan fingerprint density at radius 2 is 1.72 bits per heavy atom. The fraction of sp³-hybridized carbons (Fsp3) is 0.0714. The van der Waals surface area contributed by atoms with Gasteiger partial charge in [0.25, 0.3) is 5.91 Å². The molecule has 0 bridgehead atoms. The van der Waals surface area contributed by atoms with Crippen LogP contribution in [0.2, 0.25) is 0 Å². The number of halogens is 2. The molecule has 2 nitrogen and oxygen atoms in total.